The molecule has 6 heteroatoms. The highest BCUT2D eigenvalue weighted by molar-refractivity contribution is 6.88. The number of nitriles is 1. The van der Waals surface area contributed by atoms with E-state index in [9.17, 15) is 10.1 Å². The SMILES string of the molecule is CCn1nc(C)cc1/C(OC(=O)CC1CCCC1)=C(\C#N)c1ccc([Si](C)(C)C)cc1. The molecule has 0 N–H and O–H groups in total. The molecule has 0 aliphatic heterocycles. The third-order valence-electron chi connectivity index (χ3n) is 5.96. The van der Waals surface area contributed by atoms with Gasteiger partial charge in [-0.3, -0.25) is 9.48 Å². The number of rotatable bonds is 7. The highest BCUT2D eigenvalue weighted by Crippen LogP contribution is 2.31. The van der Waals surface area contributed by atoms with Crippen LogP contribution in [-0.2, 0) is 16.1 Å². The fraction of sp³-hybridized carbons (Fsp3) is 0.480. The predicted molar refractivity (Wildman–Crippen MR) is 127 cm³/mol. The summed E-state index contributed by atoms with van der Waals surface area (Å²) in [4.78, 5) is 12.8. The van der Waals surface area contributed by atoms with Crippen molar-refractivity contribution in [3.05, 3.63) is 47.3 Å². The Labute approximate surface area is 186 Å². The van der Waals surface area contributed by atoms with E-state index < -0.39 is 8.07 Å². The number of allylic oxidation sites excluding steroid dienone is 1. The predicted octanol–water partition coefficient (Wildman–Crippen LogP) is 5.27. The average molecular weight is 436 g/mol. The maximum Gasteiger partial charge on any atom is 0.311 e. The van der Waals surface area contributed by atoms with Gasteiger partial charge in [0.2, 0.25) is 0 Å². The summed E-state index contributed by atoms with van der Waals surface area (Å²) in [5.74, 6) is 0.428. The fourth-order valence-electron chi connectivity index (χ4n) is 4.19. The Bertz CT molecular complexity index is 1000. The van der Waals surface area contributed by atoms with Crippen LogP contribution in [0, 0.1) is 24.2 Å². The number of ether oxygens (including phenoxy) is 1. The molecule has 1 aromatic carbocycles. The second kappa shape index (κ2) is 9.65. The molecular formula is C25H33N3O2Si. The maximum atomic E-state index is 12.8. The molecule has 1 fully saturated rings. The number of benzene rings is 1. The zero-order valence-corrected chi connectivity index (χ0v) is 20.4. The standard InChI is InChI=1S/C25H33N3O2Si/c1-6-28-23(15-18(2)27-28)25(30-24(29)16-19-9-7-8-10-19)22(17-26)20-11-13-21(14-12-20)31(3,4)5/h11-15,19H,6-10,16H2,1-5H3/b25-22-. The quantitative estimate of drug-likeness (QED) is 0.257. The molecule has 0 bridgehead atoms. The Balaban J connectivity index is 2.04. The lowest BCUT2D eigenvalue weighted by Gasteiger charge is -2.17. The Morgan fingerprint density at radius 3 is 2.42 bits per heavy atom. The van der Waals surface area contributed by atoms with E-state index in [0.29, 0.717) is 35.9 Å². The van der Waals surface area contributed by atoms with E-state index in [1.807, 2.05) is 32.0 Å². The molecule has 1 aliphatic rings. The second-order valence-corrected chi connectivity index (χ2v) is 14.5. The lowest BCUT2D eigenvalue weighted by atomic mass is 10.0. The summed E-state index contributed by atoms with van der Waals surface area (Å²) in [5.41, 5.74) is 2.63. The molecule has 1 aromatic heterocycles. The van der Waals surface area contributed by atoms with Crippen molar-refractivity contribution in [3.8, 4) is 6.07 Å². The van der Waals surface area contributed by atoms with Crippen LogP contribution in [0.15, 0.2) is 30.3 Å². The lowest BCUT2D eigenvalue weighted by Crippen LogP contribution is -2.37. The molecule has 0 unspecified atom stereocenters. The number of carbonyl (C=O) groups is 1. The van der Waals surface area contributed by atoms with Crippen molar-refractivity contribution in [3.63, 3.8) is 0 Å². The van der Waals surface area contributed by atoms with Crippen LogP contribution >= 0.6 is 0 Å². The molecule has 0 spiro atoms. The van der Waals surface area contributed by atoms with Gasteiger partial charge in [-0.25, -0.2) is 0 Å². The van der Waals surface area contributed by atoms with Gasteiger partial charge < -0.3 is 4.74 Å². The van der Waals surface area contributed by atoms with Crippen LogP contribution in [0.3, 0.4) is 0 Å². The highest BCUT2D eigenvalue weighted by atomic mass is 28.3. The van der Waals surface area contributed by atoms with Crippen LogP contribution in [0.1, 0.15) is 56.0 Å². The molecular weight excluding hydrogens is 402 g/mol. The van der Waals surface area contributed by atoms with Crippen molar-refractivity contribution in [2.45, 2.75) is 72.1 Å². The van der Waals surface area contributed by atoms with Crippen LogP contribution in [0.4, 0.5) is 0 Å². The first kappa shape index (κ1) is 23.0. The van der Waals surface area contributed by atoms with Crippen LogP contribution in [0.25, 0.3) is 11.3 Å². The molecule has 2 aromatic rings. The summed E-state index contributed by atoms with van der Waals surface area (Å²) in [5, 5.41) is 15.9. The minimum atomic E-state index is -1.45. The van der Waals surface area contributed by atoms with E-state index in [1.165, 1.54) is 18.0 Å². The minimum Gasteiger partial charge on any atom is -0.423 e. The molecule has 1 heterocycles. The molecule has 0 atom stereocenters. The van der Waals surface area contributed by atoms with Crippen LogP contribution in [-0.4, -0.2) is 23.8 Å². The Morgan fingerprint density at radius 1 is 1.23 bits per heavy atom. The zero-order valence-electron chi connectivity index (χ0n) is 19.4. The Morgan fingerprint density at radius 2 is 1.87 bits per heavy atom. The van der Waals surface area contributed by atoms with E-state index >= 15 is 0 Å². The number of aryl methyl sites for hydroxylation is 2. The van der Waals surface area contributed by atoms with E-state index in [1.54, 1.807) is 4.68 Å². The Kier molecular flexibility index (Phi) is 7.17. The molecule has 31 heavy (non-hydrogen) atoms. The highest BCUT2D eigenvalue weighted by Gasteiger charge is 2.25. The summed E-state index contributed by atoms with van der Waals surface area (Å²) < 4.78 is 7.72. The van der Waals surface area contributed by atoms with Gasteiger partial charge in [-0.2, -0.15) is 10.4 Å². The molecule has 0 saturated heterocycles. The maximum absolute atomic E-state index is 12.8. The number of hydrogen-bond acceptors (Lipinski definition) is 4. The third-order valence-corrected chi connectivity index (χ3v) is 8.02. The van der Waals surface area contributed by atoms with Gasteiger partial charge in [0.25, 0.3) is 0 Å². The summed E-state index contributed by atoms with van der Waals surface area (Å²) in [6, 6.07) is 12.3. The van der Waals surface area contributed by atoms with Crippen molar-refractivity contribution in [1.29, 1.82) is 5.26 Å². The largest absolute Gasteiger partial charge is 0.423 e. The molecule has 1 saturated carbocycles. The normalized spacial score (nSPS) is 15.5. The van der Waals surface area contributed by atoms with Crippen molar-refractivity contribution < 1.29 is 9.53 Å². The van der Waals surface area contributed by atoms with Crippen molar-refractivity contribution in [2.75, 3.05) is 0 Å². The van der Waals surface area contributed by atoms with Crippen LogP contribution in [0.2, 0.25) is 19.6 Å². The van der Waals surface area contributed by atoms with Crippen molar-refractivity contribution in [2.24, 2.45) is 5.92 Å². The minimum absolute atomic E-state index is 0.269. The molecule has 0 amide bonds. The van der Waals surface area contributed by atoms with Crippen molar-refractivity contribution >= 4 is 30.6 Å². The third kappa shape index (κ3) is 5.53. The number of hydrogen-bond donors (Lipinski definition) is 0. The number of aromatic nitrogens is 2. The molecule has 3 rings (SSSR count). The van der Waals surface area contributed by atoms with Gasteiger partial charge >= 0.3 is 5.97 Å². The number of esters is 1. The van der Waals surface area contributed by atoms with Gasteiger partial charge in [0.15, 0.2) is 5.76 Å². The number of nitrogens with zero attached hydrogens (tertiary/aromatic N) is 3. The van der Waals surface area contributed by atoms with Crippen LogP contribution < -0.4 is 5.19 Å². The van der Waals surface area contributed by atoms with E-state index in [2.05, 4.69) is 42.9 Å². The Hall–Kier alpha value is -2.65. The second-order valence-electron chi connectivity index (χ2n) is 9.46. The lowest BCUT2D eigenvalue weighted by molar-refractivity contribution is -0.137. The van der Waals surface area contributed by atoms with Crippen molar-refractivity contribution in [1.82, 2.24) is 9.78 Å². The van der Waals surface area contributed by atoms with Gasteiger partial charge in [-0.05, 0) is 44.2 Å². The van der Waals surface area contributed by atoms with Gasteiger partial charge in [0, 0.05) is 13.0 Å². The topological polar surface area (TPSA) is 67.9 Å². The molecule has 0 radical (unpaired) electrons. The summed E-state index contributed by atoms with van der Waals surface area (Å²) in [6.07, 6.45) is 4.90. The number of carbonyl (C=O) groups excluding carboxylic acids is 1. The monoisotopic (exact) mass is 435 g/mol. The van der Waals surface area contributed by atoms with E-state index in [-0.39, 0.29) is 5.97 Å². The summed E-state index contributed by atoms with van der Waals surface area (Å²) in [6.45, 7) is 11.4. The van der Waals surface area contributed by atoms with Gasteiger partial charge in [0.1, 0.15) is 17.3 Å². The fourth-order valence-corrected chi connectivity index (χ4v) is 5.36. The van der Waals surface area contributed by atoms with Gasteiger partial charge in [0.05, 0.1) is 13.8 Å². The van der Waals surface area contributed by atoms with Gasteiger partial charge in [-0.15, -0.1) is 0 Å². The van der Waals surface area contributed by atoms with Crippen LogP contribution in [0.5, 0.6) is 0 Å². The molecule has 1 aliphatic carbocycles. The first-order valence-corrected chi connectivity index (χ1v) is 14.7. The molecule has 5 nitrogen and oxygen atoms in total. The summed E-state index contributed by atoms with van der Waals surface area (Å²) >= 11 is 0. The first-order chi connectivity index (χ1) is 14.7. The van der Waals surface area contributed by atoms with E-state index in [4.69, 9.17) is 4.74 Å². The first-order valence-electron chi connectivity index (χ1n) is 11.2. The summed E-state index contributed by atoms with van der Waals surface area (Å²) in [7, 11) is -1.45. The zero-order chi connectivity index (χ0) is 22.6. The van der Waals surface area contributed by atoms with E-state index in [0.717, 1.165) is 24.1 Å². The average Bonchev–Trinajstić information content (AvgIpc) is 3.36. The molecule has 164 valence electrons. The smallest absolute Gasteiger partial charge is 0.311 e. The van der Waals surface area contributed by atoms with Gasteiger partial charge in [-0.1, -0.05) is 61.9 Å².